The number of ether oxygens (including phenoxy) is 1. The van der Waals surface area contributed by atoms with Gasteiger partial charge in [-0.3, -0.25) is 0 Å². The molecule has 0 saturated carbocycles. The maximum atomic E-state index is 13.4. The molecule has 0 saturated heterocycles. The fourth-order valence-corrected chi connectivity index (χ4v) is 1.37. The summed E-state index contributed by atoms with van der Waals surface area (Å²) in [6.07, 6.45) is -5.34. The number of hydrogen-bond donors (Lipinski definition) is 2. The number of halogens is 4. The van der Waals surface area contributed by atoms with E-state index in [1.807, 2.05) is 0 Å². The Morgan fingerprint density at radius 3 is 2.17 bits per heavy atom. The van der Waals surface area contributed by atoms with Gasteiger partial charge in [0.2, 0.25) is 0 Å². The zero-order chi connectivity index (χ0) is 14.1. The SMILES string of the molecule is CC(C)Oc1cc(C(F)(F)F)c(B(O)O)cc1F. The first kappa shape index (κ1) is 14.8. The van der Waals surface area contributed by atoms with E-state index in [9.17, 15) is 17.6 Å². The third-order valence-corrected chi connectivity index (χ3v) is 2.05. The van der Waals surface area contributed by atoms with Crippen LogP contribution >= 0.6 is 0 Å². The van der Waals surface area contributed by atoms with E-state index in [2.05, 4.69) is 0 Å². The number of rotatable bonds is 3. The number of alkyl halides is 3. The van der Waals surface area contributed by atoms with Crippen LogP contribution in [0.5, 0.6) is 5.75 Å². The summed E-state index contributed by atoms with van der Waals surface area (Å²) in [4.78, 5) is 0. The van der Waals surface area contributed by atoms with Crippen LogP contribution in [-0.2, 0) is 6.18 Å². The first-order valence-corrected chi connectivity index (χ1v) is 5.06. The van der Waals surface area contributed by atoms with Gasteiger partial charge in [-0.15, -0.1) is 0 Å². The molecule has 0 fully saturated rings. The second-order valence-corrected chi connectivity index (χ2v) is 3.91. The van der Waals surface area contributed by atoms with E-state index in [1.54, 1.807) is 0 Å². The Kier molecular flexibility index (Phi) is 4.23. The van der Waals surface area contributed by atoms with E-state index in [1.165, 1.54) is 13.8 Å². The maximum absolute atomic E-state index is 13.4. The molecule has 0 spiro atoms. The van der Waals surface area contributed by atoms with Gasteiger partial charge in [0.05, 0.1) is 11.7 Å². The topological polar surface area (TPSA) is 49.7 Å². The Balaban J connectivity index is 3.36. The lowest BCUT2D eigenvalue weighted by molar-refractivity contribution is -0.137. The summed E-state index contributed by atoms with van der Waals surface area (Å²) in [6, 6.07) is 0.829. The second kappa shape index (κ2) is 5.15. The highest BCUT2D eigenvalue weighted by Gasteiger charge is 2.37. The van der Waals surface area contributed by atoms with Crippen molar-refractivity contribution < 1.29 is 32.3 Å². The summed E-state index contributed by atoms with van der Waals surface area (Å²) in [7, 11) is -2.41. The average molecular weight is 266 g/mol. The highest BCUT2D eigenvalue weighted by molar-refractivity contribution is 6.59. The zero-order valence-electron chi connectivity index (χ0n) is 9.62. The molecule has 2 N–H and O–H groups in total. The van der Waals surface area contributed by atoms with Crippen LogP contribution in [0.25, 0.3) is 0 Å². The Labute approximate surface area is 101 Å². The molecular formula is C10H11BF4O3. The van der Waals surface area contributed by atoms with Crippen LogP contribution in [0.15, 0.2) is 12.1 Å². The molecule has 0 aliphatic heterocycles. The molecule has 0 bridgehead atoms. The van der Waals surface area contributed by atoms with Crippen LogP contribution in [0.4, 0.5) is 17.6 Å². The van der Waals surface area contributed by atoms with Crippen molar-refractivity contribution in [2.24, 2.45) is 0 Å². The van der Waals surface area contributed by atoms with Crippen molar-refractivity contribution >= 4 is 12.6 Å². The van der Waals surface area contributed by atoms with E-state index in [-0.39, 0.29) is 0 Å². The second-order valence-electron chi connectivity index (χ2n) is 3.91. The predicted molar refractivity (Wildman–Crippen MR) is 57.0 cm³/mol. The molecule has 0 heterocycles. The molecule has 3 nitrogen and oxygen atoms in total. The van der Waals surface area contributed by atoms with Gasteiger partial charge in [-0.1, -0.05) is 0 Å². The van der Waals surface area contributed by atoms with Gasteiger partial charge in [0.15, 0.2) is 11.6 Å². The zero-order valence-corrected chi connectivity index (χ0v) is 9.62. The molecule has 1 aromatic rings. The average Bonchev–Trinajstić information content (AvgIpc) is 2.17. The lowest BCUT2D eigenvalue weighted by Crippen LogP contribution is -2.36. The van der Waals surface area contributed by atoms with Gasteiger partial charge in [-0.25, -0.2) is 4.39 Å². The summed E-state index contributed by atoms with van der Waals surface area (Å²) >= 11 is 0. The van der Waals surface area contributed by atoms with Crippen LogP contribution in [0, 0.1) is 5.82 Å². The van der Waals surface area contributed by atoms with Crippen LogP contribution < -0.4 is 10.2 Å². The molecule has 1 aromatic carbocycles. The number of hydrogen-bond acceptors (Lipinski definition) is 3. The van der Waals surface area contributed by atoms with Crippen LogP contribution in [-0.4, -0.2) is 23.3 Å². The Morgan fingerprint density at radius 1 is 1.22 bits per heavy atom. The van der Waals surface area contributed by atoms with E-state index in [0.717, 1.165) is 0 Å². The Morgan fingerprint density at radius 2 is 1.78 bits per heavy atom. The van der Waals surface area contributed by atoms with Gasteiger partial charge >= 0.3 is 13.3 Å². The lowest BCUT2D eigenvalue weighted by Gasteiger charge is -2.16. The molecule has 0 aromatic heterocycles. The molecule has 8 heteroatoms. The highest BCUT2D eigenvalue weighted by atomic mass is 19.4. The summed E-state index contributed by atoms with van der Waals surface area (Å²) in [5, 5.41) is 17.6. The van der Waals surface area contributed by atoms with Gasteiger partial charge in [0.1, 0.15) is 0 Å². The maximum Gasteiger partial charge on any atom is 0.489 e. The Hall–Kier alpha value is -1.28. The molecule has 0 radical (unpaired) electrons. The lowest BCUT2D eigenvalue weighted by atomic mass is 9.76. The van der Waals surface area contributed by atoms with E-state index in [0.29, 0.717) is 12.1 Å². The Bertz CT molecular complexity index is 432. The van der Waals surface area contributed by atoms with Crippen LogP contribution in [0.2, 0.25) is 0 Å². The largest absolute Gasteiger partial charge is 0.489 e. The number of benzene rings is 1. The summed E-state index contributed by atoms with van der Waals surface area (Å²) in [5.41, 5.74) is -2.29. The molecule has 18 heavy (non-hydrogen) atoms. The minimum Gasteiger partial charge on any atom is -0.488 e. The van der Waals surface area contributed by atoms with Crippen molar-refractivity contribution in [1.82, 2.24) is 0 Å². The van der Waals surface area contributed by atoms with Gasteiger partial charge in [0, 0.05) is 0 Å². The minimum atomic E-state index is -4.83. The molecule has 0 atom stereocenters. The summed E-state index contributed by atoms with van der Waals surface area (Å²) < 4.78 is 56.3. The van der Waals surface area contributed by atoms with Crippen molar-refractivity contribution in [2.75, 3.05) is 0 Å². The van der Waals surface area contributed by atoms with Gasteiger partial charge in [-0.05, 0) is 31.4 Å². The van der Waals surface area contributed by atoms with Crippen molar-refractivity contribution in [2.45, 2.75) is 26.1 Å². The van der Waals surface area contributed by atoms with Crippen molar-refractivity contribution in [3.8, 4) is 5.75 Å². The van der Waals surface area contributed by atoms with E-state index < -0.39 is 42.0 Å². The van der Waals surface area contributed by atoms with Crippen molar-refractivity contribution in [3.05, 3.63) is 23.5 Å². The molecule has 0 unspecified atom stereocenters. The van der Waals surface area contributed by atoms with Gasteiger partial charge in [-0.2, -0.15) is 13.2 Å². The van der Waals surface area contributed by atoms with Crippen molar-refractivity contribution in [3.63, 3.8) is 0 Å². The molecule has 0 aliphatic carbocycles. The van der Waals surface area contributed by atoms with Gasteiger partial charge in [0.25, 0.3) is 0 Å². The monoisotopic (exact) mass is 266 g/mol. The smallest absolute Gasteiger partial charge is 0.488 e. The summed E-state index contributed by atoms with van der Waals surface area (Å²) in [5.74, 6) is -1.67. The third kappa shape index (κ3) is 3.36. The van der Waals surface area contributed by atoms with E-state index >= 15 is 0 Å². The van der Waals surface area contributed by atoms with Crippen LogP contribution in [0.3, 0.4) is 0 Å². The van der Waals surface area contributed by atoms with Gasteiger partial charge < -0.3 is 14.8 Å². The molecule has 0 amide bonds. The van der Waals surface area contributed by atoms with Crippen molar-refractivity contribution in [1.29, 1.82) is 0 Å². The molecule has 1 rings (SSSR count). The highest BCUT2D eigenvalue weighted by Crippen LogP contribution is 2.32. The van der Waals surface area contributed by atoms with Crippen LogP contribution in [0.1, 0.15) is 19.4 Å². The standard InChI is InChI=1S/C10H11BF4O3/c1-5(2)18-9-3-6(10(13,14)15)7(11(16)17)4-8(9)12/h3-5,16-17H,1-2H3. The normalized spacial score (nSPS) is 11.8. The third-order valence-electron chi connectivity index (χ3n) is 2.05. The predicted octanol–water partition coefficient (Wildman–Crippen LogP) is 1.31. The quantitative estimate of drug-likeness (QED) is 0.640. The molecular weight excluding hydrogens is 255 g/mol. The minimum absolute atomic E-state index is 0.408. The first-order valence-electron chi connectivity index (χ1n) is 5.06. The fourth-order valence-electron chi connectivity index (χ4n) is 1.37. The summed E-state index contributed by atoms with van der Waals surface area (Å²) in [6.45, 7) is 3.06. The molecule has 0 aliphatic rings. The van der Waals surface area contributed by atoms with E-state index in [4.69, 9.17) is 14.8 Å². The fraction of sp³-hybridized carbons (Fsp3) is 0.400. The molecule has 100 valence electrons. The first-order chi connectivity index (χ1) is 8.12.